The van der Waals surface area contributed by atoms with E-state index in [4.69, 9.17) is 18.6 Å². The van der Waals surface area contributed by atoms with Crippen molar-refractivity contribution in [2.45, 2.75) is 70.0 Å². The maximum Gasteiger partial charge on any atom is 0.330 e. The van der Waals surface area contributed by atoms with Crippen LogP contribution in [-0.2, 0) is 31.9 Å². The lowest BCUT2D eigenvalue weighted by Crippen LogP contribution is -2.68. The van der Waals surface area contributed by atoms with Crippen molar-refractivity contribution < 1.29 is 23.7 Å². The molecule has 10 heteroatoms. The molecule has 1 aliphatic rings. The average Bonchev–Trinajstić information content (AvgIpc) is 3.40. The van der Waals surface area contributed by atoms with Crippen LogP contribution in [0.25, 0.3) is 0 Å². The van der Waals surface area contributed by atoms with Crippen molar-refractivity contribution in [1.29, 1.82) is 0 Å². The molecule has 1 saturated heterocycles. The van der Waals surface area contributed by atoms with Gasteiger partial charge in [0, 0.05) is 11.8 Å². The summed E-state index contributed by atoms with van der Waals surface area (Å²) in [7, 11) is -3.12. The van der Waals surface area contributed by atoms with E-state index >= 15 is 0 Å². The van der Waals surface area contributed by atoms with Crippen molar-refractivity contribution in [3.8, 4) is 0 Å². The van der Waals surface area contributed by atoms with Crippen LogP contribution in [0, 0.1) is 6.92 Å². The maximum absolute atomic E-state index is 13.3. The van der Waals surface area contributed by atoms with E-state index < -0.39 is 43.6 Å². The molecular formula is C41H46N2O7Si. The largest absolute Gasteiger partial charge is 0.404 e. The summed E-state index contributed by atoms with van der Waals surface area (Å²) in [6.45, 7) is 8.56. The molecule has 1 aliphatic heterocycles. The Kier molecular flexibility index (Phi) is 11.0. The van der Waals surface area contributed by atoms with Gasteiger partial charge in [0.25, 0.3) is 13.9 Å². The molecule has 0 radical (unpaired) electrons. The van der Waals surface area contributed by atoms with Crippen LogP contribution >= 0.6 is 0 Å². The molecule has 9 nitrogen and oxygen atoms in total. The Balaban J connectivity index is 1.47. The molecule has 1 fully saturated rings. The average molecular weight is 707 g/mol. The third-order valence-electron chi connectivity index (χ3n) is 9.58. The van der Waals surface area contributed by atoms with Crippen molar-refractivity contribution in [2.24, 2.45) is 0 Å². The summed E-state index contributed by atoms with van der Waals surface area (Å²) in [5.41, 5.74) is -0.446. The summed E-state index contributed by atoms with van der Waals surface area (Å²) in [4.78, 5) is 28.0. The number of nitrogens with one attached hydrogen (secondary N) is 1. The second kappa shape index (κ2) is 15.4. The van der Waals surface area contributed by atoms with Gasteiger partial charge in [-0.2, -0.15) is 0 Å². The quantitative estimate of drug-likeness (QED) is 0.169. The van der Waals surface area contributed by atoms with E-state index in [9.17, 15) is 14.7 Å². The highest BCUT2D eigenvalue weighted by molar-refractivity contribution is 6.99. The van der Waals surface area contributed by atoms with Crippen LogP contribution in [0.1, 0.15) is 43.7 Å². The number of hydrogen-bond acceptors (Lipinski definition) is 7. The number of hydrogen-bond donors (Lipinski definition) is 2. The first-order chi connectivity index (χ1) is 24.5. The number of H-pyrrole nitrogens is 1. The van der Waals surface area contributed by atoms with Gasteiger partial charge in [0.05, 0.1) is 26.4 Å². The fourth-order valence-corrected chi connectivity index (χ4v) is 11.6. The van der Waals surface area contributed by atoms with Gasteiger partial charge >= 0.3 is 5.69 Å². The molecule has 6 rings (SSSR count). The van der Waals surface area contributed by atoms with Crippen molar-refractivity contribution >= 4 is 18.7 Å². The van der Waals surface area contributed by atoms with Crippen molar-refractivity contribution in [2.75, 3.05) is 13.2 Å². The van der Waals surface area contributed by atoms with Gasteiger partial charge in [-0.3, -0.25) is 14.3 Å². The Bertz CT molecular complexity index is 1940. The number of aryl methyl sites for hydroxylation is 1. The molecule has 0 aliphatic carbocycles. The van der Waals surface area contributed by atoms with Crippen LogP contribution in [0.15, 0.2) is 137 Å². The van der Waals surface area contributed by atoms with Gasteiger partial charge in [-0.15, -0.1) is 0 Å². The minimum Gasteiger partial charge on any atom is -0.404 e. The van der Waals surface area contributed by atoms with Crippen LogP contribution in [-0.4, -0.2) is 54.0 Å². The van der Waals surface area contributed by atoms with Gasteiger partial charge in [-0.05, 0) is 33.5 Å². The zero-order valence-electron chi connectivity index (χ0n) is 29.5. The fourth-order valence-electron chi connectivity index (χ4n) is 7.03. The summed E-state index contributed by atoms with van der Waals surface area (Å²) in [5.74, 6) is 0. The van der Waals surface area contributed by atoms with Crippen molar-refractivity contribution in [3.63, 3.8) is 0 Å². The van der Waals surface area contributed by atoms with E-state index in [2.05, 4.69) is 50.0 Å². The minimum atomic E-state index is -3.12. The SMILES string of the molecule is Cc1cn([C@@H]2O[C@@](COCc3ccccc3)(CO[Si](c3ccccc3)(c3ccccc3)C(C)(C)C)[C@@H](OCc3ccccc3)[C@@H]2O)c(=O)[nH]c1=O. The molecule has 266 valence electrons. The summed E-state index contributed by atoms with van der Waals surface area (Å²) in [6.07, 6.45) is -2.14. The van der Waals surface area contributed by atoms with E-state index in [1.54, 1.807) is 6.92 Å². The number of aliphatic hydroxyl groups is 1. The molecule has 0 unspecified atom stereocenters. The van der Waals surface area contributed by atoms with Crippen molar-refractivity contribution in [3.05, 3.63) is 165 Å². The summed E-state index contributed by atoms with van der Waals surface area (Å²) in [5, 5.41) is 13.9. The van der Waals surface area contributed by atoms with Gasteiger partial charge in [-0.1, -0.05) is 142 Å². The van der Waals surface area contributed by atoms with E-state index in [0.29, 0.717) is 5.56 Å². The second-order valence-electron chi connectivity index (χ2n) is 14.2. The number of nitrogens with zero attached hydrogens (tertiary/aromatic N) is 1. The minimum absolute atomic E-state index is 0.0236. The first-order valence-electron chi connectivity index (χ1n) is 17.2. The Labute approximate surface area is 299 Å². The lowest BCUT2D eigenvalue weighted by atomic mass is 9.96. The Morgan fingerprint density at radius 3 is 1.82 bits per heavy atom. The number of benzene rings is 4. The Morgan fingerprint density at radius 1 is 0.784 bits per heavy atom. The molecule has 4 aromatic carbocycles. The van der Waals surface area contributed by atoms with Crippen molar-refractivity contribution in [1.82, 2.24) is 9.55 Å². The first-order valence-corrected chi connectivity index (χ1v) is 19.2. The predicted octanol–water partition coefficient (Wildman–Crippen LogP) is 4.85. The van der Waals surface area contributed by atoms with Gasteiger partial charge in [0.15, 0.2) is 6.23 Å². The summed E-state index contributed by atoms with van der Waals surface area (Å²) < 4.78 is 28.6. The van der Waals surface area contributed by atoms with E-state index in [-0.39, 0.29) is 31.5 Å². The topological polar surface area (TPSA) is 112 Å². The van der Waals surface area contributed by atoms with Gasteiger partial charge in [0.1, 0.15) is 17.8 Å². The molecule has 2 heterocycles. The number of aromatic nitrogens is 2. The fraction of sp³-hybridized carbons (Fsp3) is 0.317. The summed E-state index contributed by atoms with van der Waals surface area (Å²) in [6, 6.07) is 40.0. The third-order valence-corrected chi connectivity index (χ3v) is 14.6. The highest BCUT2D eigenvalue weighted by atomic mass is 28.4. The summed E-state index contributed by atoms with van der Waals surface area (Å²) >= 11 is 0. The lowest BCUT2D eigenvalue weighted by molar-refractivity contribution is -0.173. The van der Waals surface area contributed by atoms with Crippen LogP contribution in [0.5, 0.6) is 0 Å². The molecule has 0 amide bonds. The smallest absolute Gasteiger partial charge is 0.330 e. The molecule has 2 N–H and O–H groups in total. The monoisotopic (exact) mass is 706 g/mol. The maximum atomic E-state index is 13.3. The highest BCUT2D eigenvalue weighted by Crippen LogP contribution is 2.43. The number of ether oxygens (including phenoxy) is 3. The number of aliphatic hydroxyl groups excluding tert-OH is 1. The number of rotatable bonds is 13. The van der Waals surface area contributed by atoms with Gasteiger partial charge in [-0.25, -0.2) is 4.79 Å². The van der Waals surface area contributed by atoms with Crippen LogP contribution in [0.2, 0.25) is 5.04 Å². The molecule has 51 heavy (non-hydrogen) atoms. The first kappa shape index (κ1) is 36.4. The van der Waals surface area contributed by atoms with Crippen LogP contribution < -0.4 is 21.6 Å². The van der Waals surface area contributed by atoms with Gasteiger partial charge in [0.2, 0.25) is 0 Å². The third kappa shape index (κ3) is 7.62. The molecule has 4 atom stereocenters. The zero-order valence-corrected chi connectivity index (χ0v) is 30.5. The number of aromatic amines is 1. The molecule has 5 aromatic rings. The molecule has 1 aromatic heterocycles. The predicted molar refractivity (Wildman–Crippen MR) is 200 cm³/mol. The van der Waals surface area contributed by atoms with E-state index in [0.717, 1.165) is 21.5 Å². The van der Waals surface area contributed by atoms with Crippen LogP contribution in [0.3, 0.4) is 0 Å². The van der Waals surface area contributed by atoms with Gasteiger partial charge < -0.3 is 23.7 Å². The van der Waals surface area contributed by atoms with Crippen LogP contribution in [0.4, 0.5) is 0 Å². The van der Waals surface area contributed by atoms with E-state index in [1.807, 2.05) is 97.1 Å². The second-order valence-corrected chi connectivity index (χ2v) is 18.5. The molecule has 0 spiro atoms. The standard InChI is InChI=1S/C41H46N2O7Si/c1-30-25-43(39(46)42-37(30)45)38-35(44)36(48-27-32-19-11-6-12-20-32)41(50-38,28-47-26-31-17-9-5-10-18-31)29-49-51(40(2,3)4,33-21-13-7-14-22-33)34-23-15-8-16-24-34/h5-25,35-36,38,44H,26-29H2,1-4H3,(H,42,45,46)/t35-,36-,38+,41-/m0/s1. The highest BCUT2D eigenvalue weighted by Gasteiger charge is 2.59. The normalized spacial score (nSPS) is 20.8. The van der Waals surface area contributed by atoms with E-state index in [1.165, 1.54) is 10.8 Å². The Hall–Kier alpha value is -4.42. The Morgan fingerprint density at radius 2 is 1.29 bits per heavy atom. The zero-order chi connectivity index (χ0) is 36.1. The molecular weight excluding hydrogens is 661 g/mol. The lowest BCUT2D eigenvalue weighted by Gasteiger charge is -2.45. The molecule has 0 bridgehead atoms. The molecule has 0 saturated carbocycles.